The van der Waals surface area contributed by atoms with Gasteiger partial charge in [0.2, 0.25) is 0 Å². The highest BCUT2D eigenvalue weighted by Crippen LogP contribution is 2.28. The number of pyridine rings is 1. The summed E-state index contributed by atoms with van der Waals surface area (Å²) in [6.07, 6.45) is -9.99. The van der Waals surface area contributed by atoms with Crippen molar-refractivity contribution in [3.05, 3.63) is 28.4 Å². The summed E-state index contributed by atoms with van der Waals surface area (Å²) in [6.45, 7) is -3.17. The molecule has 0 radical (unpaired) electrons. The molecule has 1 fully saturated rings. The van der Waals surface area contributed by atoms with Crippen LogP contribution in [0.3, 0.4) is 0 Å². The van der Waals surface area contributed by atoms with Gasteiger partial charge in [-0.1, -0.05) is 15.9 Å². The third-order valence-electron chi connectivity index (χ3n) is 1.96. The van der Waals surface area contributed by atoms with Gasteiger partial charge in [0.1, 0.15) is 5.60 Å². The molecule has 0 saturated carbocycles. The first-order valence-electron chi connectivity index (χ1n) is 11.7. The second-order valence-electron chi connectivity index (χ2n) is 4.80. The molecule has 2 heterocycles. The van der Waals surface area contributed by atoms with E-state index in [2.05, 4.69) is 20.9 Å². The Morgan fingerprint density at radius 3 is 2.85 bits per heavy atom. The van der Waals surface area contributed by atoms with Crippen LogP contribution in [-0.4, -0.2) is 34.6 Å². The minimum absolute atomic E-state index is 0.350. The lowest BCUT2D eigenvalue weighted by molar-refractivity contribution is 0.0204. The zero-order valence-electron chi connectivity index (χ0n) is 23.1. The summed E-state index contributed by atoms with van der Waals surface area (Å²) in [6, 6.07) is -1.49. The van der Waals surface area contributed by atoms with Crippen LogP contribution in [0.1, 0.15) is 61.6 Å². The molecule has 0 N–H and O–H groups in total. The van der Waals surface area contributed by atoms with E-state index in [9.17, 15) is 4.79 Å². The van der Waals surface area contributed by atoms with Crippen molar-refractivity contribution in [3.63, 3.8) is 0 Å². The van der Waals surface area contributed by atoms with Gasteiger partial charge in [-0.2, -0.15) is 0 Å². The van der Waals surface area contributed by atoms with Crippen molar-refractivity contribution >= 4 is 22.0 Å². The zero-order valence-corrected chi connectivity index (χ0v) is 12.7. The van der Waals surface area contributed by atoms with Crippen LogP contribution in [0, 0.1) is 0 Å². The normalized spacial score (nSPS) is 37.5. The van der Waals surface area contributed by atoms with Gasteiger partial charge >= 0.3 is 6.09 Å². The SMILES string of the molecule is [2H]c1nc(C2([2H])C([2H])([2H])C([2H])([2H])N(C(=O)OC(C)(C)C)C([2H])([2H])C2([2H])[2H])c([2H])c(Br)c1[2H]. The van der Waals surface area contributed by atoms with Gasteiger partial charge in [0.15, 0.2) is 0 Å². The van der Waals surface area contributed by atoms with Gasteiger partial charge in [0, 0.05) is 47.6 Å². The van der Waals surface area contributed by atoms with Crippen molar-refractivity contribution in [2.45, 2.75) is 45.0 Å². The predicted molar refractivity (Wildman–Crippen MR) is 81.7 cm³/mol. The van der Waals surface area contributed by atoms with E-state index in [1.54, 1.807) is 0 Å². The fourth-order valence-electron chi connectivity index (χ4n) is 1.21. The van der Waals surface area contributed by atoms with E-state index in [0.717, 1.165) is 0 Å². The summed E-state index contributed by atoms with van der Waals surface area (Å²) in [5, 5.41) is 0. The van der Waals surface area contributed by atoms with Crippen molar-refractivity contribution in [1.82, 2.24) is 9.88 Å². The van der Waals surface area contributed by atoms with E-state index >= 15 is 0 Å². The van der Waals surface area contributed by atoms with Crippen LogP contribution < -0.4 is 0 Å². The van der Waals surface area contributed by atoms with Crippen LogP contribution in [0.4, 0.5) is 4.79 Å². The zero-order chi connectivity index (χ0) is 25.5. The van der Waals surface area contributed by atoms with E-state index in [0.29, 0.717) is 0 Å². The van der Waals surface area contributed by atoms with Gasteiger partial charge < -0.3 is 9.64 Å². The molecule has 1 saturated heterocycles. The first-order chi connectivity index (χ1) is 14.0. The highest BCUT2D eigenvalue weighted by Gasteiger charge is 2.27. The van der Waals surface area contributed by atoms with Crippen LogP contribution in [0.15, 0.2) is 22.7 Å². The van der Waals surface area contributed by atoms with Crippen molar-refractivity contribution < 1.29 is 26.0 Å². The summed E-state index contributed by atoms with van der Waals surface area (Å²) in [5.41, 5.74) is -2.36. The van der Waals surface area contributed by atoms with Crippen LogP contribution in [0.5, 0.6) is 0 Å². The van der Waals surface area contributed by atoms with Crippen molar-refractivity contribution in [1.29, 1.82) is 0 Å². The van der Waals surface area contributed by atoms with Gasteiger partial charge in [-0.3, -0.25) is 4.98 Å². The molecule has 1 aromatic rings. The molecule has 0 spiro atoms. The minimum atomic E-state index is -3.72. The number of halogens is 1. The maximum absolute atomic E-state index is 12.7. The molecule has 2 rings (SSSR count). The lowest BCUT2D eigenvalue weighted by Gasteiger charge is -2.33. The smallest absolute Gasteiger partial charge is 0.410 e. The predicted octanol–water partition coefficient (Wildman–Crippen LogP) is 3.96. The van der Waals surface area contributed by atoms with E-state index in [1.807, 2.05) is 0 Å². The summed E-state index contributed by atoms with van der Waals surface area (Å²) in [4.78, 5) is 15.9. The summed E-state index contributed by atoms with van der Waals surface area (Å²) >= 11 is 2.84. The molecule has 110 valence electrons. The molecule has 0 unspecified atom stereocenters. The van der Waals surface area contributed by atoms with E-state index in [-0.39, 0.29) is 4.90 Å². The van der Waals surface area contributed by atoms with Crippen molar-refractivity contribution in [2.24, 2.45) is 0 Å². The second-order valence-corrected chi connectivity index (χ2v) is 5.59. The van der Waals surface area contributed by atoms with Crippen molar-refractivity contribution in [3.8, 4) is 0 Å². The summed E-state index contributed by atoms with van der Waals surface area (Å²) in [7, 11) is 0. The maximum Gasteiger partial charge on any atom is 0.410 e. The highest BCUT2D eigenvalue weighted by molar-refractivity contribution is 9.10. The lowest BCUT2D eigenvalue weighted by Crippen LogP contribution is -2.41. The Hall–Kier alpha value is -1.10. The number of amides is 1. The Kier molecular flexibility index (Phi) is 1.82. The molecule has 1 aliphatic rings. The van der Waals surface area contributed by atoms with Gasteiger partial charge in [-0.15, -0.1) is 0 Å². The molecule has 0 atom stereocenters. The number of ether oxygens (including phenoxy) is 1. The fraction of sp³-hybridized carbons (Fsp3) is 0.600. The molecule has 1 amide bonds. The van der Waals surface area contributed by atoms with Gasteiger partial charge in [0.05, 0.1) is 4.11 Å². The number of aromatic nitrogens is 1. The summed E-state index contributed by atoms with van der Waals surface area (Å²) < 4.78 is 104. The number of carbonyl (C=O) groups is 1. The van der Waals surface area contributed by atoms with E-state index < -0.39 is 71.8 Å². The standard InChI is InChI=1S/C15H21BrN2O2/c1-15(2,3)20-14(19)18-8-5-11(6-9-18)13-10-12(16)4-7-17-13/h4,7,10-11H,5-6,8-9H2,1-3H3/i4D,5D2,6D2,7D,8D2,9D2,10D,11D. The maximum atomic E-state index is 12.7. The molecular weight excluding hydrogens is 320 g/mol. The molecule has 20 heavy (non-hydrogen) atoms. The topological polar surface area (TPSA) is 42.4 Å². The Bertz CT molecular complexity index is 935. The van der Waals surface area contributed by atoms with Crippen LogP contribution >= 0.6 is 15.9 Å². The molecule has 0 aliphatic carbocycles. The third kappa shape index (κ3) is 4.20. The van der Waals surface area contributed by atoms with Gasteiger partial charge in [-0.05, 0) is 45.6 Å². The number of carbonyl (C=O) groups excluding carboxylic acids is 1. The fourth-order valence-corrected chi connectivity index (χ4v) is 1.49. The molecule has 4 nitrogen and oxygen atoms in total. The van der Waals surface area contributed by atoms with Crippen molar-refractivity contribution in [2.75, 3.05) is 13.0 Å². The minimum Gasteiger partial charge on any atom is -0.444 e. The Labute approximate surface area is 145 Å². The average Bonchev–Trinajstić information content (AvgIpc) is 2.58. The molecule has 1 aliphatic heterocycles. The first kappa shape index (κ1) is 5.95. The van der Waals surface area contributed by atoms with Crippen LogP contribution in [-0.2, 0) is 4.74 Å². The average molecular weight is 353 g/mol. The molecular formula is C15H21BrN2O2. The molecule has 0 aromatic carbocycles. The van der Waals surface area contributed by atoms with Crippen LogP contribution in [0.25, 0.3) is 0 Å². The second kappa shape index (κ2) is 6.12. The molecule has 1 aromatic heterocycles. The summed E-state index contributed by atoms with van der Waals surface area (Å²) in [5.74, 6) is -3.57. The van der Waals surface area contributed by atoms with Crippen LogP contribution in [0.2, 0.25) is 0 Å². The monoisotopic (exact) mass is 352 g/mol. The largest absolute Gasteiger partial charge is 0.444 e. The third-order valence-corrected chi connectivity index (χ3v) is 2.36. The number of nitrogens with zero attached hydrogens (tertiary/aromatic N) is 2. The number of hydrogen-bond acceptors (Lipinski definition) is 3. The molecule has 5 heteroatoms. The van der Waals surface area contributed by atoms with E-state index in [1.165, 1.54) is 20.8 Å². The number of likely N-dealkylation sites (tertiary alicyclic amines) is 1. The Morgan fingerprint density at radius 1 is 1.60 bits per heavy atom. The Morgan fingerprint density at radius 2 is 2.25 bits per heavy atom. The lowest BCUT2D eigenvalue weighted by atomic mass is 9.93. The quantitative estimate of drug-likeness (QED) is 0.768. The van der Waals surface area contributed by atoms with Gasteiger partial charge in [0.25, 0.3) is 0 Å². The number of rotatable bonds is 1. The Balaban J connectivity index is 2.94. The van der Waals surface area contributed by atoms with Gasteiger partial charge in [-0.25, -0.2) is 4.79 Å². The molecule has 0 bridgehead atoms. The van der Waals surface area contributed by atoms with E-state index in [4.69, 9.17) is 21.2 Å². The first-order valence-corrected chi connectivity index (χ1v) is 6.46. The number of hydrogen-bond donors (Lipinski definition) is 0. The highest BCUT2D eigenvalue weighted by atomic mass is 79.9. The number of piperidine rings is 1.